The molecule has 0 radical (unpaired) electrons. The number of halogens is 1. The molecule has 2 aliphatic rings. The number of urea groups is 1. The van der Waals surface area contributed by atoms with E-state index in [0.717, 1.165) is 25.7 Å². The van der Waals surface area contributed by atoms with Gasteiger partial charge in [0.15, 0.2) is 0 Å². The molecule has 4 amide bonds. The molecule has 0 unspecified atom stereocenters. The van der Waals surface area contributed by atoms with Gasteiger partial charge in [-0.3, -0.25) is 9.59 Å². The standard InChI is InChI=1S/C23H25ClN4O3/c24-15-10-12-17(13-11-15)25-21(29)14-20-22(30)27-18-8-4-5-9-19(18)28(20)23(31)26-16-6-2-1-3-7-16/h1-3,6-7,10-13,18-20H,4-5,8-9,14H2,(H,25,29)(H,26,31)(H,27,30)/t18-,19-,20-/m1/s1. The summed E-state index contributed by atoms with van der Waals surface area (Å²) in [5, 5.41) is 9.27. The van der Waals surface area contributed by atoms with Crippen LogP contribution in [0.1, 0.15) is 32.1 Å². The highest BCUT2D eigenvalue weighted by molar-refractivity contribution is 6.30. The SMILES string of the molecule is O=C(C[C@@H]1C(=O)N[C@@H]2CCCC[C@H]2N1C(=O)Nc1ccccc1)Nc1ccc(Cl)cc1. The number of carbonyl (C=O) groups is 3. The lowest BCUT2D eigenvalue weighted by molar-refractivity contribution is -0.135. The molecule has 7 nitrogen and oxygen atoms in total. The first-order valence-corrected chi connectivity index (χ1v) is 10.9. The van der Waals surface area contributed by atoms with Gasteiger partial charge in [0.2, 0.25) is 11.8 Å². The first-order chi connectivity index (χ1) is 15.0. The van der Waals surface area contributed by atoms with Crippen LogP contribution < -0.4 is 16.0 Å². The molecular formula is C23H25ClN4O3. The number of nitrogens with one attached hydrogen (secondary N) is 3. The molecule has 1 saturated heterocycles. The van der Waals surface area contributed by atoms with Crippen molar-refractivity contribution in [2.24, 2.45) is 0 Å². The molecule has 2 aromatic rings. The number of rotatable bonds is 4. The van der Waals surface area contributed by atoms with Crippen molar-refractivity contribution in [1.82, 2.24) is 10.2 Å². The van der Waals surface area contributed by atoms with Crippen molar-refractivity contribution in [3.8, 4) is 0 Å². The van der Waals surface area contributed by atoms with Gasteiger partial charge in [-0.15, -0.1) is 0 Å². The number of hydrogen-bond acceptors (Lipinski definition) is 3. The monoisotopic (exact) mass is 440 g/mol. The van der Waals surface area contributed by atoms with Crippen LogP contribution in [0, 0.1) is 0 Å². The van der Waals surface area contributed by atoms with Crippen LogP contribution in [0.3, 0.4) is 0 Å². The van der Waals surface area contributed by atoms with Crippen LogP contribution in [0.4, 0.5) is 16.2 Å². The summed E-state index contributed by atoms with van der Waals surface area (Å²) in [4.78, 5) is 40.5. The average molecular weight is 441 g/mol. The molecule has 1 saturated carbocycles. The average Bonchev–Trinajstić information content (AvgIpc) is 2.76. The summed E-state index contributed by atoms with van der Waals surface area (Å²) >= 11 is 5.89. The van der Waals surface area contributed by atoms with Crippen molar-refractivity contribution in [1.29, 1.82) is 0 Å². The van der Waals surface area contributed by atoms with Gasteiger partial charge in [0, 0.05) is 22.4 Å². The van der Waals surface area contributed by atoms with Crippen LogP contribution in [0.5, 0.6) is 0 Å². The second kappa shape index (κ2) is 9.39. The minimum Gasteiger partial charge on any atom is -0.349 e. The summed E-state index contributed by atoms with van der Waals surface area (Å²) in [6.07, 6.45) is 3.49. The molecule has 2 fully saturated rings. The van der Waals surface area contributed by atoms with Gasteiger partial charge in [-0.05, 0) is 49.2 Å². The maximum Gasteiger partial charge on any atom is 0.322 e. The molecule has 162 valence electrons. The molecule has 0 spiro atoms. The van der Waals surface area contributed by atoms with E-state index >= 15 is 0 Å². The zero-order valence-electron chi connectivity index (χ0n) is 17.0. The maximum atomic E-state index is 13.2. The number of amides is 4. The summed E-state index contributed by atoms with van der Waals surface area (Å²) in [6, 6.07) is 14.4. The molecule has 3 atom stereocenters. The molecular weight excluding hydrogens is 416 g/mol. The van der Waals surface area contributed by atoms with Crippen LogP contribution in [0.15, 0.2) is 54.6 Å². The van der Waals surface area contributed by atoms with E-state index in [1.165, 1.54) is 0 Å². The lowest BCUT2D eigenvalue weighted by atomic mass is 9.85. The topological polar surface area (TPSA) is 90.5 Å². The Kier molecular flexibility index (Phi) is 6.42. The van der Waals surface area contributed by atoms with Crippen molar-refractivity contribution < 1.29 is 14.4 Å². The number of hydrogen-bond donors (Lipinski definition) is 3. The molecule has 2 aromatic carbocycles. The molecule has 31 heavy (non-hydrogen) atoms. The molecule has 0 aromatic heterocycles. The van der Waals surface area contributed by atoms with Gasteiger partial charge in [-0.2, -0.15) is 0 Å². The highest BCUT2D eigenvalue weighted by Gasteiger charge is 2.46. The minimum absolute atomic E-state index is 0.0849. The van der Waals surface area contributed by atoms with Crippen LogP contribution in [0.2, 0.25) is 5.02 Å². The van der Waals surface area contributed by atoms with Gasteiger partial charge in [-0.1, -0.05) is 42.6 Å². The third-order valence-corrected chi connectivity index (χ3v) is 6.07. The van der Waals surface area contributed by atoms with Gasteiger partial charge in [0.05, 0.1) is 12.5 Å². The molecule has 8 heteroatoms. The predicted octanol–water partition coefficient (Wildman–Crippen LogP) is 4.01. The van der Waals surface area contributed by atoms with E-state index < -0.39 is 6.04 Å². The summed E-state index contributed by atoms with van der Waals surface area (Å²) in [7, 11) is 0. The van der Waals surface area contributed by atoms with Gasteiger partial charge >= 0.3 is 6.03 Å². The van der Waals surface area contributed by atoms with E-state index in [2.05, 4.69) is 16.0 Å². The fourth-order valence-electron chi connectivity index (χ4n) is 4.36. The van der Waals surface area contributed by atoms with Gasteiger partial charge < -0.3 is 20.9 Å². The number of nitrogens with zero attached hydrogens (tertiary/aromatic N) is 1. The lowest BCUT2D eigenvalue weighted by Gasteiger charge is -2.47. The lowest BCUT2D eigenvalue weighted by Crippen LogP contribution is -2.68. The quantitative estimate of drug-likeness (QED) is 0.670. The third-order valence-electron chi connectivity index (χ3n) is 5.82. The Labute approximate surface area is 186 Å². The van der Waals surface area contributed by atoms with E-state index in [-0.39, 0.29) is 36.3 Å². The van der Waals surface area contributed by atoms with Gasteiger partial charge in [0.1, 0.15) is 6.04 Å². The van der Waals surface area contributed by atoms with Crippen molar-refractivity contribution in [3.63, 3.8) is 0 Å². The third kappa shape index (κ3) is 4.99. The number of fused-ring (bicyclic) bond motifs is 1. The van der Waals surface area contributed by atoms with Crippen LogP contribution in [-0.4, -0.2) is 40.9 Å². The normalized spacial score (nSPS) is 22.8. The Morgan fingerprint density at radius 3 is 2.39 bits per heavy atom. The zero-order valence-corrected chi connectivity index (χ0v) is 17.8. The molecule has 0 bridgehead atoms. The van der Waals surface area contributed by atoms with Gasteiger partial charge in [-0.25, -0.2) is 4.79 Å². The molecule has 1 aliphatic heterocycles. The predicted molar refractivity (Wildman–Crippen MR) is 120 cm³/mol. The number of benzene rings is 2. The molecule has 4 rings (SSSR count). The van der Waals surface area contributed by atoms with E-state index in [0.29, 0.717) is 16.4 Å². The Hall–Kier alpha value is -3.06. The van der Waals surface area contributed by atoms with E-state index in [9.17, 15) is 14.4 Å². The van der Waals surface area contributed by atoms with Crippen LogP contribution in [-0.2, 0) is 9.59 Å². The van der Waals surface area contributed by atoms with E-state index in [1.807, 2.05) is 18.2 Å². The molecule has 1 aliphatic carbocycles. The second-order valence-corrected chi connectivity index (χ2v) is 8.38. The number of para-hydroxylation sites is 1. The largest absolute Gasteiger partial charge is 0.349 e. The fraction of sp³-hybridized carbons (Fsp3) is 0.348. The van der Waals surface area contributed by atoms with Crippen molar-refractivity contribution >= 4 is 40.8 Å². The van der Waals surface area contributed by atoms with Gasteiger partial charge in [0.25, 0.3) is 0 Å². The van der Waals surface area contributed by atoms with Crippen molar-refractivity contribution in [2.75, 3.05) is 10.6 Å². The van der Waals surface area contributed by atoms with Crippen molar-refractivity contribution in [3.05, 3.63) is 59.6 Å². The minimum atomic E-state index is -0.879. The Morgan fingerprint density at radius 2 is 1.65 bits per heavy atom. The Bertz CT molecular complexity index is 951. The summed E-state index contributed by atoms with van der Waals surface area (Å²) in [5.41, 5.74) is 1.23. The fourth-order valence-corrected chi connectivity index (χ4v) is 4.49. The summed E-state index contributed by atoms with van der Waals surface area (Å²) in [6.45, 7) is 0. The first kappa shape index (κ1) is 21.2. The van der Waals surface area contributed by atoms with Crippen LogP contribution in [0.25, 0.3) is 0 Å². The van der Waals surface area contributed by atoms with E-state index in [4.69, 9.17) is 11.6 Å². The zero-order chi connectivity index (χ0) is 21.8. The van der Waals surface area contributed by atoms with Crippen molar-refractivity contribution in [2.45, 2.75) is 50.2 Å². The summed E-state index contributed by atoms with van der Waals surface area (Å²) < 4.78 is 0. The number of anilines is 2. The summed E-state index contributed by atoms with van der Waals surface area (Å²) in [5.74, 6) is -0.633. The highest BCUT2D eigenvalue weighted by atomic mass is 35.5. The smallest absolute Gasteiger partial charge is 0.322 e. The molecule has 1 heterocycles. The molecule has 3 N–H and O–H groups in total. The van der Waals surface area contributed by atoms with E-state index in [1.54, 1.807) is 41.3 Å². The second-order valence-electron chi connectivity index (χ2n) is 7.95. The van der Waals surface area contributed by atoms with Crippen LogP contribution >= 0.6 is 11.6 Å². The maximum absolute atomic E-state index is 13.2. The first-order valence-electron chi connectivity index (χ1n) is 10.5. The number of piperazine rings is 1. The Balaban J connectivity index is 1.53. The highest BCUT2D eigenvalue weighted by Crippen LogP contribution is 2.30. The Morgan fingerprint density at radius 1 is 0.968 bits per heavy atom. The number of carbonyl (C=O) groups excluding carboxylic acids is 3.